The molecule has 134 valence electrons. The second-order valence-electron chi connectivity index (χ2n) is 6.14. The predicted octanol–water partition coefficient (Wildman–Crippen LogP) is 1.97. The summed E-state index contributed by atoms with van der Waals surface area (Å²) in [6, 6.07) is 6.82. The lowest BCUT2D eigenvalue weighted by atomic mass is 10.2. The zero-order valence-electron chi connectivity index (χ0n) is 14.7. The minimum absolute atomic E-state index is 0.201. The van der Waals surface area contributed by atoms with Crippen LogP contribution < -0.4 is 4.90 Å². The van der Waals surface area contributed by atoms with Gasteiger partial charge in [0.05, 0.1) is 12.3 Å². The number of aromatic nitrogens is 4. The average Bonchev–Trinajstić information content (AvgIpc) is 3.06. The Hall–Kier alpha value is -2.97. The molecule has 0 bridgehead atoms. The van der Waals surface area contributed by atoms with Crippen LogP contribution in [0.3, 0.4) is 0 Å². The molecular weight excluding hydrogens is 326 g/mol. The number of amides is 1. The quantitative estimate of drug-likeness (QED) is 0.762. The highest BCUT2D eigenvalue weighted by Gasteiger charge is 2.24. The van der Waals surface area contributed by atoms with E-state index in [1.165, 1.54) is 15.9 Å². The van der Waals surface area contributed by atoms with E-state index in [2.05, 4.69) is 15.5 Å². The van der Waals surface area contributed by atoms with Crippen molar-refractivity contribution in [3.63, 3.8) is 0 Å². The fourth-order valence-corrected chi connectivity index (χ4v) is 2.03. The zero-order chi connectivity index (χ0) is 18.4. The van der Waals surface area contributed by atoms with E-state index in [1.54, 1.807) is 52.0 Å². The van der Waals surface area contributed by atoms with Gasteiger partial charge in [0, 0.05) is 5.69 Å². The van der Waals surface area contributed by atoms with Gasteiger partial charge in [0.1, 0.15) is 18.5 Å². The summed E-state index contributed by atoms with van der Waals surface area (Å²) in [6.45, 7) is 6.94. The van der Waals surface area contributed by atoms with Crippen LogP contribution in [0.2, 0.25) is 0 Å². The topological polar surface area (TPSA) is 99.4 Å². The summed E-state index contributed by atoms with van der Waals surface area (Å²) in [6.07, 6.45) is 0.835. The molecule has 0 fully saturated rings. The lowest BCUT2D eigenvalue weighted by Gasteiger charge is -2.24. The maximum absolute atomic E-state index is 12.2. The molecule has 0 radical (unpaired) electrons. The number of carbonyl (C=O) groups is 2. The Morgan fingerprint density at radius 3 is 2.40 bits per heavy atom. The Bertz CT molecular complexity index is 707. The SMILES string of the molecule is CCOC(=O)N(CC(=O)OC(C)(C)C)c1ccc(-n2cnnn2)cc1. The fourth-order valence-electron chi connectivity index (χ4n) is 2.03. The highest BCUT2D eigenvalue weighted by Crippen LogP contribution is 2.19. The Kier molecular flexibility index (Phi) is 5.68. The molecule has 0 N–H and O–H groups in total. The van der Waals surface area contributed by atoms with Crippen molar-refractivity contribution in [1.82, 2.24) is 20.2 Å². The molecule has 0 aliphatic heterocycles. The average molecular weight is 347 g/mol. The minimum atomic E-state index is -0.638. The molecule has 25 heavy (non-hydrogen) atoms. The molecule has 1 amide bonds. The molecule has 0 saturated heterocycles. The van der Waals surface area contributed by atoms with Gasteiger partial charge in [-0.3, -0.25) is 9.69 Å². The van der Waals surface area contributed by atoms with Crippen LogP contribution in [0, 0.1) is 0 Å². The van der Waals surface area contributed by atoms with Gasteiger partial charge in [-0.1, -0.05) is 0 Å². The monoisotopic (exact) mass is 347 g/mol. The summed E-state index contributed by atoms with van der Waals surface area (Å²) in [7, 11) is 0. The van der Waals surface area contributed by atoms with Crippen molar-refractivity contribution in [2.45, 2.75) is 33.3 Å². The van der Waals surface area contributed by atoms with Crippen LogP contribution in [-0.2, 0) is 14.3 Å². The maximum Gasteiger partial charge on any atom is 0.414 e. The van der Waals surface area contributed by atoms with Crippen LogP contribution in [0.25, 0.3) is 5.69 Å². The number of rotatable bonds is 5. The summed E-state index contributed by atoms with van der Waals surface area (Å²) in [5.74, 6) is -0.523. The highest BCUT2D eigenvalue weighted by molar-refractivity contribution is 5.93. The lowest BCUT2D eigenvalue weighted by Crippen LogP contribution is -2.39. The molecule has 1 aromatic heterocycles. The van der Waals surface area contributed by atoms with E-state index < -0.39 is 17.7 Å². The molecule has 0 aliphatic carbocycles. The van der Waals surface area contributed by atoms with Crippen LogP contribution in [0.1, 0.15) is 27.7 Å². The number of nitrogens with zero attached hydrogens (tertiary/aromatic N) is 5. The first-order chi connectivity index (χ1) is 11.8. The minimum Gasteiger partial charge on any atom is -0.459 e. The second kappa shape index (κ2) is 7.73. The lowest BCUT2D eigenvalue weighted by molar-refractivity contribution is -0.152. The Morgan fingerprint density at radius 1 is 1.20 bits per heavy atom. The van der Waals surface area contributed by atoms with Crippen molar-refractivity contribution >= 4 is 17.7 Å². The third-order valence-corrected chi connectivity index (χ3v) is 2.97. The largest absolute Gasteiger partial charge is 0.459 e. The van der Waals surface area contributed by atoms with Gasteiger partial charge in [-0.2, -0.15) is 0 Å². The number of hydrogen-bond donors (Lipinski definition) is 0. The van der Waals surface area contributed by atoms with Gasteiger partial charge in [0.2, 0.25) is 0 Å². The van der Waals surface area contributed by atoms with Gasteiger partial charge in [-0.25, -0.2) is 9.48 Å². The normalized spacial score (nSPS) is 11.0. The van der Waals surface area contributed by atoms with Crippen LogP contribution in [0.4, 0.5) is 10.5 Å². The highest BCUT2D eigenvalue weighted by atomic mass is 16.6. The van der Waals surface area contributed by atoms with Crippen LogP contribution in [-0.4, -0.2) is 51.0 Å². The Morgan fingerprint density at radius 2 is 1.88 bits per heavy atom. The summed E-state index contributed by atoms with van der Waals surface area (Å²) >= 11 is 0. The molecule has 0 atom stereocenters. The number of anilines is 1. The van der Waals surface area contributed by atoms with E-state index in [4.69, 9.17) is 9.47 Å². The molecule has 0 saturated carbocycles. The van der Waals surface area contributed by atoms with Crippen molar-refractivity contribution in [3.8, 4) is 5.69 Å². The summed E-state index contributed by atoms with van der Waals surface area (Å²) in [5.41, 5.74) is 0.581. The van der Waals surface area contributed by atoms with Gasteiger partial charge < -0.3 is 9.47 Å². The summed E-state index contributed by atoms with van der Waals surface area (Å²) in [5, 5.41) is 10.9. The van der Waals surface area contributed by atoms with E-state index in [0.717, 1.165) is 5.69 Å². The van der Waals surface area contributed by atoms with Crippen molar-refractivity contribution in [2.24, 2.45) is 0 Å². The van der Waals surface area contributed by atoms with Gasteiger partial charge in [-0.05, 0) is 62.4 Å². The molecule has 9 heteroatoms. The molecule has 0 unspecified atom stereocenters. The predicted molar refractivity (Wildman–Crippen MR) is 89.4 cm³/mol. The first kappa shape index (κ1) is 18.4. The van der Waals surface area contributed by atoms with Gasteiger partial charge in [-0.15, -0.1) is 5.10 Å². The smallest absolute Gasteiger partial charge is 0.414 e. The van der Waals surface area contributed by atoms with Crippen LogP contribution in [0.15, 0.2) is 30.6 Å². The molecule has 2 rings (SSSR count). The van der Waals surface area contributed by atoms with Crippen molar-refractivity contribution in [1.29, 1.82) is 0 Å². The van der Waals surface area contributed by atoms with Gasteiger partial charge in [0.25, 0.3) is 0 Å². The third-order valence-electron chi connectivity index (χ3n) is 2.97. The molecule has 9 nitrogen and oxygen atoms in total. The summed E-state index contributed by atoms with van der Waals surface area (Å²) in [4.78, 5) is 25.5. The first-order valence-corrected chi connectivity index (χ1v) is 7.79. The van der Waals surface area contributed by atoms with Crippen molar-refractivity contribution in [2.75, 3.05) is 18.1 Å². The molecule has 0 spiro atoms. The molecule has 1 aromatic carbocycles. The van der Waals surface area contributed by atoms with Crippen molar-refractivity contribution in [3.05, 3.63) is 30.6 Å². The zero-order valence-corrected chi connectivity index (χ0v) is 14.7. The van der Waals surface area contributed by atoms with Gasteiger partial charge >= 0.3 is 12.1 Å². The van der Waals surface area contributed by atoms with Gasteiger partial charge in [0.15, 0.2) is 0 Å². The first-order valence-electron chi connectivity index (χ1n) is 7.79. The molecule has 2 aromatic rings. The molecule has 1 heterocycles. The third kappa shape index (κ3) is 5.27. The maximum atomic E-state index is 12.2. The van der Waals surface area contributed by atoms with E-state index >= 15 is 0 Å². The Balaban J connectivity index is 2.20. The van der Waals surface area contributed by atoms with Crippen LogP contribution >= 0.6 is 0 Å². The second-order valence-corrected chi connectivity index (χ2v) is 6.14. The molecule has 0 aliphatic rings. The summed E-state index contributed by atoms with van der Waals surface area (Å²) < 4.78 is 11.8. The number of esters is 1. The van der Waals surface area contributed by atoms with Crippen molar-refractivity contribution < 1.29 is 19.1 Å². The Labute approximate surface area is 145 Å². The molecular formula is C16H21N5O4. The number of tetrazole rings is 1. The van der Waals surface area contributed by atoms with E-state index in [0.29, 0.717) is 5.69 Å². The number of hydrogen-bond acceptors (Lipinski definition) is 7. The standard InChI is InChI=1S/C16H21N5O4/c1-5-24-15(23)20(10-14(22)25-16(2,3)4)12-6-8-13(9-7-12)21-11-17-18-19-21/h6-9,11H,5,10H2,1-4H3. The number of ether oxygens (including phenoxy) is 2. The van der Waals surface area contributed by atoms with Crippen LogP contribution in [0.5, 0.6) is 0 Å². The number of carbonyl (C=O) groups excluding carboxylic acids is 2. The fraction of sp³-hybridized carbons (Fsp3) is 0.438. The van der Waals surface area contributed by atoms with E-state index in [-0.39, 0.29) is 13.2 Å². The van der Waals surface area contributed by atoms with E-state index in [1.807, 2.05) is 0 Å². The van der Waals surface area contributed by atoms with E-state index in [9.17, 15) is 9.59 Å². The number of benzene rings is 1.